The highest BCUT2D eigenvalue weighted by atomic mass is 16.4. The zero-order valence-corrected chi connectivity index (χ0v) is 10.4. The maximum absolute atomic E-state index is 11.0. The number of carboxylic acid groups (broad SMARTS) is 1. The van der Waals surface area contributed by atoms with E-state index in [2.05, 4.69) is 4.90 Å². The molecule has 94 valence electrons. The number of aliphatic hydroxyl groups is 1. The highest BCUT2D eigenvalue weighted by Crippen LogP contribution is 2.27. The van der Waals surface area contributed by atoms with Crippen molar-refractivity contribution in [2.45, 2.75) is 51.7 Å². The molecule has 1 heterocycles. The predicted molar refractivity (Wildman–Crippen MR) is 62.3 cm³/mol. The number of carbonyl (C=O) groups is 1. The standard InChI is InChI=1S/C12H23NO3/c1-4-12(16,5-2)8-13-7-6-10(9(13)3)11(14)15/h9-10,16H,4-8H2,1-3H3,(H,14,15). The minimum atomic E-state index is -0.716. The fourth-order valence-electron chi connectivity index (χ4n) is 2.41. The summed E-state index contributed by atoms with van der Waals surface area (Å²) in [6.45, 7) is 7.25. The van der Waals surface area contributed by atoms with Crippen LogP contribution in [0.15, 0.2) is 0 Å². The molecule has 0 aromatic carbocycles. The summed E-state index contributed by atoms with van der Waals surface area (Å²) in [6.07, 6.45) is 2.12. The number of β-amino-alcohol motifs (C(OH)–C–C–N with tert-alkyl or cyclic N) is 1. The van der Waals surface area contributed by atoms with Crippen LogP contribution in [0.2, 0.25) is 0 Å². The summed E-state index contributed by atoms with van der Waals surface area (Å²) in [4.78, 5) is 13.1. The van der Waals surface area contributed by atoms with Crippen molar-refractivity contribution in [1.29, 1.82) is 0 Å². The maximum atomic E-state index is 11.0. The number of hydrogen-bond acceptors (Lipinski definition) is 3. The van der Waals surface area contributed by atoms with Gasteiger partial charge >= 0.3 is 5.97 Å². The molecule has 1 saturated heterocycles. The number of likely N-dealkylation sites (tertiary alicyclic amines) is 1. The molecule has 0 spiro atoms. The van der Waals surface area contributed by atoms with Crippen LogP contribution in [0, 0.1) is 5.92 Å². The van der Waals surface area contributed by atoms with E-state index >= 15 is 0 Å². The minimum Gasteiger partial charge on any atom is -0.481 e. The molecule has 1 aliphatic rings. The van der Waals surface area contributed by atoms with Gasteiger partial charge < -0.3 is 10.2 Å². The van der Waals surface area contributed by atoms with Crippen molar-refractivity contribution in [3.63, 3.8) is 0 Å². The Bertz CT molecular complexity index is 251. The highest BCUT2D eigenvalue weighted by molar-refractivity contribution is 5.71. The van der Waals surface area contributed by atoms with Crippen LogP contribution in [0.3, 0.4) is 0 Å². The van der Waals surface area contributed by atoms with Crippen LogP contribution in [0.25, 0.3) is 0 Å². The third-order valence-corrected chi connectivity index (χ3v) is 4.02. The normalized spacial score (nSPS) is 27.2. The number of nitrogens with zero attached hydrogens (tertiary/aromatic N) is 1. The lowest BCUT2D eigenvalue weighted by Crippen LogP contribution is -2.45. The molecule has 2 N–H and O–H groups in total. The fourth-order valence-corrected chi connectivity index (χ4v) is 2.41. The Labute approximate surface area is 97.3 Å². The molecular formula is C12H23NO3. The lowest BCUT2D eigenvalue weighted by Gasteiger charge is -2.33. The molecule has 0 aliphatic carbocycles. The van der Waals surface area contributed by atoms with Crippen LogP contribution in [0.1, 0.15) is 40.0 Å². The molecule has 1 rings (SSSR count). The summed E-state index contributed by atoms with van der Waals surface area (Å²) in [5, 5.41) is 19.3. The second kappa shape index (κ2) is 5.15. The largest absolute Gasteiger partial charge is 0.481 e. The Kier molecular flexibility index (Phi) is 4.33. The van der Waals surface area contributed by atoms with Crippen molar-refractivity contribution in [2.24, 2.45) is 5.92 Å². The molecule has 4 heteroatoms. The van der Waals surface area contributed by atoms with Gasteiger partial charge in [0.1, 0.15) is 0 Å². The first kappa shape index (κ1) is 13.5. The summed E-state index contributed by atoms with van der Waals surface area (Å²) in [7, 11) is 0. The first-order valence-electron chi connectivity index (χ1n) is 6.12. The van der Waals surface area contributed by atoms with Crippen molar-refractivity contribution in [1.82, 2.24) is 4.90 Å². The van der Waals surface area contributed by atoms with Crippen LogP contribution in [-0.2, 0) is 4.79 Å². The van der Waals surface area contributed by atoms with Gasteiger partial charge in [-0.2, -0.15) is 0 Å². The molecule has 0 amide bonds. The van der Waals surface area contributed by atoms with Gasteiger partial charge in [0.2, 0.25) is 0 Å². The summed E-state index contributed by atoms with van der Waals surface area (Å²) in [5.74, 6) is -0.996. The zero-order valence-electron chi connectivity index (χ0n) is 10.4. The van der Waals surface area contributed by atoms with E-state index in [0.29, 0.717) is 25.8 Å². The van der Waals surface area contributed by atoms with Crippen molar-refractivity contribution < 1.29 is 15.0 Å². The van der Waals surface area contributed by atoms with Crippen LogP contribution in [-0.4, -0.2) is 45.8 Å². The summed E-state index contributed by atoms with van der Waals surface area (Å²) in [6, 6.07) is 0.0297. The Morgan fingerprint density at radius 2 is 2.00 bits per heavy atom. The van der Waals surface area contributed by atoms with E-state index < -0.39 is 11.6 Å². The number of carboxylic acids is 1. The van der Waals surface area contributed by atoms with Crippen LogP contribution in [0.4, 0.5) is 0 Å². The topological polar surface area (TPSA) is 60.8 Å². The Morgan fingerprint density at radius 3 is 2.38 bits per heavy atom. The maximum Gasteiger partial charge on any atom is 0.308 e. The van der Waals surface area contributed by atoms with Gasteiger partial charge in [-0.05, 0) is 32.7 Å². The molecule has 2 unspecified atom stereocenters. The van der Waals surface area contributed by atoms with Gasteiger partial charge in [-0.1, -0.05) is 13.8 Å². The van der Waals surface area contributed by atoms with Gasteiger partial charge in [0, 0.05) is 12.6 Å². The van der Waals surface area contributed by atoms with Crippen molar-refractivity contribution in [3.8, 4) is 0 Å². The molecule has 0 saturated carbocycles. The smallest absolute Gasteiger partial charge is 0.308 e. The fraction of sp³-hybridized carbons (Fsp3) is 0.917. The van der Waals surface area contributed by atoms with Crippen LogP contribution in [0.5, 0.6) is 0 Å². The summed E-state index contributed by atoms with van der Waals surface area (Å²) in [5.41, 5.74) is -0.665. The monoisotopic (exact) mass is 229 g/mol. The van der Waals surface area contributed by atoms with E-state index in [1.165, 1.54) is 0 Å². The van der Waals surface area contributed by atoms with Crippen molar-refractivity contribution in [3.05, 3.63) is 0 Å². The lowest BCUT2D eigenvalue weighted by molar-refractivity contribution is -0.142. The van der Waals surface area contributed by atoms with Gasteiger partial charge in [-0.25, -0.2) is 0 Å². The highest BCUT2D eigenvalue weighted by Gasteiger charge is 2.38. The van der Waals surface area contributed by atoms with Gasteiger partial charge in [0.05, 0.1) is 11.5 Å². The Balaban J connectivity index is 2.61. The first-order chi connectivity index (χ1) is 7.43. The quantitative estimate of drug-likeness (QED) is 0.746. The first-order valence-corrected chi connectivity index (χ1v) is 6.12. The van der Waals surface area contributed by atoms with E-state index in [1.807, 2.05) is 20.8 Å². The predicted octanol–water partition coefficient (Wildman–Crippen LogP) is 1.33. The van der Waals surface area contributed by atoms with Gasteiger partial charge in [-0.3, -0.25) is 9.69 Å². The Morgan fingerprint density at radius 1 is 1.44 bits per heavy atom. The van der Waals surface area contributed by atoms with Crippen molar-refractivity contribution >= 4 is 5.97 Å². The van der Waals surface area contributed by atoms with Crippen LogP contribution >= 0.6 is 0 Å². The molecular weight excluding hydrogens is 206 g/mol. The van der Waals surface area contributed by atoms with Gasteiger partial charge in [0.25, 0.3) is 0 Å². The lowest BCUT2D eigenvalue weighted by atomic mass is 9.96. The molecule has 1 fully saturated rings. The molecule has 0 bridgehead atoms. The third-order valence-electron chi connectivity index (χ3n) is 4.02. The third kappa shape index (κ3) is 2.74. The molecule has 1 aliphatic heterocycles. The molecule has 4 nitrogen and oxygen atoms in total. The molecule has 0 aromatic heterocycles. The second-order valence-corrected chi connectivity index (χ2v) is 4.88. The van der Waals surface area contributed by atoms with Crippen molar-refractivity contribution in [2.75, 3.05) is 13.1 Å². The number of aliphatic carboxylic acids is 1. The van der Waals surface area contributed by atoms with Gasteiger partial charge in [-0.15, -0.1) is 0 Å². The SMILES string of the molecule is CCC(O)(CC)CN1CCC(C(=O)O)C1C. The number of hydrogen-bond donors (Lipinski definition) is 2. The average molecular weight is 229 g/mol. The zero-order chi connectivity index (χ0) is 12.3. The van der Waals surface area contributed by atoms with E-state index in [1.54, 1.807) is 0 Å². The molecule has 16 heavy (non-hydrogen) atoms. The van der Waals surface area contributed by atoms with E-state index in [-0.39, 0.29) is 12.0 Å². The molecule has 0 radical (unpaired) electrons. The Hall–Kier alpha value is -0.610. The minimum absolute atomic E-state index is 0.0297. The van der Waals surface area contributed by atoms with E-state index in [0.717, 1.165) is 6.54 Å². The van der Waals surface area contributed by atoms with Crippen LogP contribution < -0.4 is 0 Å². The molecule has 2 atom stereocenters. The van der Waals surface area contributed by atoms with E-state index in [9.17, 15) is 9.90 Å². The number of rotatable bonds is 5. The summed E-state index contributed by atoms with van der Waals surface area (Å²) >= 11 is 0. The summed E-state index contributed by atoms with van der Waals surface area (Å²) < 4.78 is 0. The van der Waals surface area contributed by atoms with Gasteiger partial charge in [0.15, 0.2) is 0 Å². The van der Waals surface area contributed by atoms with E-state index in [4.69, 9.17) is 5.11 Å². The second-order valence-electron chi connectivity index (χ2n) is 4.88. The molecule has 0 aromatic rings. The average Bonchev–Trinajstić information content (AvgIpc) is 2.60.